The molecule has 220 valence electrons. The van der Waals surface area contributed by atoms with E-state index in [1.807, 2.05) is 0 Å². The lowest BCUT2D eigenvalue weighted by atomic mass is 9.94. The van der Waals surface area contributed by atoms with Crippen LogP contribution in [0.2, 0.25) is 0 Å². The topological polar surface area (TPSA) is 127 Å². The minimum atomic E-state index is -4.84. The molecule has 0 bridgehead atoms. The van der Waals surface area contributed by atoms with Crippen molar-refractivity contribution in [3.63, 3.8) is 0 Å². The molecule has 0 aliphatic rings. The van der Waals surface area contributed by atoms with Crippen LogP contribution in [0.4, 0.5) is 26.3 Å². The maximum Gasteiger partial charge on any atom is 0.443 e. The van der Waals surface area contributed by atoms with E-state index in [2.05, 4.69) is 0 Å². The van der Waals surface area contributed by atoms with Gasteiger partial charge in [0.25, 0.3) is 0 Å². The van der Waals surface area contributed by atoms with Gasteiger partial charge in [0.15, 0.2) is 21.6 Å². The van der Waals surface area contributed by atoms with Gasteiger partial charge in [-0.15, -0.1) is 0 Å². The monoisotopic (exact) mass is 616 g/mol. The van der Waals surface area contributed by atoms with Gasteiger partial charge in [0.1, 0.15) is 11.5 Å². The smallest absolute Gasteiger partial charge is 0.443 e. The molecule has 0 fully saturated rings. The number of benzene rings is 2. The van der Waals surface area contributed by atoms with Gasteiger partial charge in [-0.3, -0.25) is 19.2 Å². The number of halogens is 6. The first-order chi connectivity index (χ1) is 18.4. The Kier molecular flexibility index (Phi) is 12.4. The van der Waals surface area contributed by atoms with E-state index >= 15 is 0 Å². The molecule has 8 nitrogen and oxygen atoms in total. The maximum absolute atomic E-state index is 12.6. The van der Waals surface area contributed by atoms with Crippen LogP contribution in [0, 0.1) is 0 Å². The van der Waals surface area contributed by atoms with Crippen molar-refractivity contribution in [2.45, 2.75) is 34.4 Å². The van der Waals surface area contributed by atoms with Crippen molar-refractivity contribution in [1.82, 2.24) is 0 Å². The first kappa shape index (κ1) is 34.6. The van der Waals surface area contributed by atoms with Crippen LogP contribution in [-0.4, -0.2) is 69.0 Å². The number of carbonyl (C=O) groups is 4. The Balaban J connectivity index is 0.000000402. The van der Waals surface area contributed by atoms with Crippen molar-refractivity contribution < 1.29 is 65.2 Å². The second-order valence-corrected chi connectivity index (χ2v) is 10.00. The molecule has 2 aromatic carbocycles. The molecule has 2 rings (SSSR count). The van der Waals surface area contributed by atoms with E-state index in [9.17, 15) is 45.5 Å². The predicted octanol–water partition coefficient (Wildman–Crippen LogP) is 5.95. The number of carbonyl (C=O) groups excluding carboxylic acids is 2. The SMILES string of the molecule is CCC(SC(F)(F)F)(C(=O)O)C(=O)c1ccc(OC)cc1.COc1ccc(C(=O)C(SC(F)(F)F)C(=O)O)cc1. The summed E-state index contributed by atoms with van der Waals surface area (Å²) in [5.41, 5.74) is -9.87. The van der Waals surface area contributed by atoms with Crippen LogP contribution < -0.4 is 9.47 Å². The molecule has 2 aromatic rings. The molecule has 0 saturated carbocycles. The van der Waals surface area contributed by atoms with Crippen molar-refractivity contribution in [3.05, 3.63) is 59.7 Å². The van der Waals surface area contributed by atoms with Gasteiger partial charge in [0, 0.05) is 11.1 Å². The lowest BCUT2D eigenvalue weighted by Gasteiger charge is -2.26. The largest absolute Gasteiger partial charge is 0.497 e. The fourth-order valence-corrected chi connectivity index (χ4v) is 4.45. The van der Waals surface area contributed by atoms with Gasteiger partial charge >= 0.3 is 23.0 Å². The summed E-state index contributed by atoms with van der Waals surface area (Å²) < 4.78 is 81.5. The minimum absolute atomic E-state index is 0.114. The van der Waals surface area contributed by atoms with E-state index in [-0.39, 0.29) is 11.1 Å². The standard InChI is InChI=1S/C13H13F3O4S.C11H9F3O4S/c1-3-12(11(18)19,21-13(14,15)16)10(17)8-4-6-9(20-2)7-5-8;1-18-7-4-2-6(3-5-7)8(15)9(10(16)17)19-11(12,13)14/h4-7H,3H2,1-2H3,(H,18,19);2-5,9H,1H3,(H,16,17). The molecule has 2 atom stereocenters. The number of hydrogen-bond donors (Lipinski definition) is 2. The highest BCUT2D eigenvalue weighted by Gasteiger charge is 2.53. The number of ketones is 2. The number of hydrogen-bond acceptors (Lipinski definition) is 8. The Labute approximate surface area is 232 Å². The van der Waals surface area contributed by atoms with Crippen LogP contribution in [0.3, 0.4) is 0 Å². The van der Waals surface area contributed by atoms with Gasteiger partial charge in [-0.25, -0.2) is 0 Å². The molecule has 0 radical (unpaired) electrons. The van der Waals surface area contributed by atoms with E-state index < -0.39 is 74.5 Å². The Morgan fingerprint density at radius 2 is 1.20 bits per heavy atom. The highest BCUT2D eigenvalue weighted by molar-refractivity contribution is 8.03. The molecule has 2 N–H and O–H groups in total. The van der Waals surface area contributed by atoms with Gasteiger partial charge in [0.05, 0.1) is 14.2 Å². The highest BCUT2D eigenvalue weighted by Crippen LogP contribution is 2.44. The Morgan fingerprint density at radius 3 is 1.50 bits per heavy atom. The quantitative estimate of drug-likeness (QED) is 0.178. The molecule has 0 amide bonds. The molecule has 0 saturated heterocycles. The Bertz CT molecular complexity index is 1180. The number of ether oxygens (including phenoxy) is 2. The van der Waals surface area contributed by atoms with Gasteiger partial charge in [-0.2, -0.15) is 26.3 Å². The molecule has 0 aliphatic carbocycles. The van der Waals surface area contributed by atoms with Gasteiger partial charge in [0.2, 0.25) is 0 Å². The number of rotatable bonds is 11. The molecule has 0 heterocycles. The first-order valence-corrected chi connectivity index (χ1v) is 12.4. The summed E-state index contributed by atoms with van der Waals surface area (Å²) in [5.74, 6) is -5.03. The zero-order chi connectivity index (χ0) is 30.9. The van der Waals surface area contributed by atoms with E-state index in [0.717, 1.165) is 0 Å². The maximum atomic E-state index is 12.6. The van der Waals surface area contributed by atoms with Crippen LogP contribution in [0.25, 0.3) is 0 Å². The van der Waals surface area contributed by atoms with Crippen molar-refractivity contribution >= 4 is 47.0 Å². The fraction of sp³-hybridized carbons (Fsp3) is 0.333. The molecule has 0 aliphatic heterocycles. The number of carboxylic acids is 2. The molecule has 40 heavy (non-hydrogen) atoms. The van der Waals surface area contributed by atoms with E-state index in [0.29, 0.717) is 11.5 Å². The highest BCUT2D eigenvalue weighted by atomic mass is 32.2. The molecule has 0 aromatic heterocycles. The predicted molar refractivity (Wildman–Crippen MR) is 134 cm³/mol. The molecular formula is C24H22F6O8S2. The fourth-order valence-electron chi connectivity index (χ4n) is 3.00. The second-order valence-electron chi connectivity index (χ2n) is 7.47. The van der Waals surface area contributed by atoms with Crippen LogP contribution in [-0.2, 0) is 9.59 Å². The number of alkyl halides is 6. The third kappa shape index (κ3) is 9.97. The summed E-state index contributed by atoms with van der Waals surface area (Å²) in [4.78, 5) is 46.0. The van der Waals surface area contributed by atoms with Crippen molar-refractivity contribution in [2.75, 3.05) is 14.2 Å². The lowest BCUT2D eigenvalue weighted by molar-refractivity contribution is -0.139. The average molecular weight is 617 g/mol. The average Bonchev–Trinajstić information content (AvgIpc) is 2.88. The Morgan fingerprint density at radius 1 is 0.775 bits per heavy atom. The number of carboxylic acid groups (broad SMARTS) is 2. The number of Topliss-reactive ketones (excluding diaryl/α,β-unsaturated/α-hetero) is 2. The zero-order valence-corrected chi connectivity index (χ0v) is 22.5. The van der Waals surface area contributed by atoms with Crippen LogP contribution in [0.15, 0.2) is 48.5 Å². The van der Waals surface area contributed by atoms with Gasteiger partial charge in [-0.1, -0.05) is 6.92 Å². The summed E-state index contributed by atoms with van der Waals surface area (Å²) in [6.45, 7) is 1.23. The third-order valence-electron chi connectivity index (χ3n) is 4.94. The molecular weight excluding hydrogens is 594 g/mol. The third-order valence-corrected chi connectivity index (χ3v) is 7.09. The summed E-state index contributed by atoms with van der Waals surface area (Å²) in [7, 11) is 2.78. The number of thioether (sulfide) groups is 2. The Hall–Kier alpha value is -3.40. The second kappa shape index (κ2) is 14.3. The molecule has 0 spiro atoms. The number of methoxy groups -OCH3 is 2. The van der Waals surface area contributed by atoms with Crippen LogP contribution in [0.1, 0.15) is 34.1 Å². The van der Waals surface area contributed by atoms with Gasteiger partial charge in [-0.05, 0) is 78.5 Å². The van der Waals surface area contributed by atoms with Crippen LogP contribution >= 0.6 is 23.5 Å². The first-order valence-electron chi connectivity index (χ1n) is 10.8. The van der Waals surface area contributed by atoms with E-state index in [1.165, 1.54) is 69.7 Å². The van der Waals surface area contributed by atoms with Crippen molar-refractivity contribution in [2.24, 2.45) is 0 Å². The molecule has 2 unspecified atom stereocenters. The molecule has 16 heteroatoms. The summed E-state index contributed by atoms with van der Waals surface area (Å²) >= 11 is -1.67. The normalized spacial score (nSPS) is 13.6. The van der Waals surface area contributed by atoms with Crippen molar-refractivity contribution in [1.29, 1.82) is 0 Å². The zero-order valence-electron chi connectivity index (χ0n) is 20.8. The van der Waals surface area contributed by atoms with Crippen molar-refractivity contribution in [3.8, 4) is 11.5 Å². The summed E-state index contributed by atoms with van der Waals surface area (Å²) in [6.07, 6.45) is -0.489. The van der Waals surface area contributed by atoms with E-state index in [4.69, 9.17) is 19.7 Å². The summed E-state index contributed by atoms with van der Waals surface area (Å²) in [6, 6.07) is 10.4. The number of aliphatic carboxylic acids is 2. The van der Waals surface area contributed by atoms with Gasteiger partial charge < -0.3 is 19.7 Å². The lowest BCUT2D eigenvalue weighted by Crippen LogP contribution is -2.45. The minimum Gasteiger partial charge on any atom is -0.497 e. The summed E-state index contributed by atoms with van der Waals surface area (Å²) in [5, 5.41) is 15.6. The van der Waals surface area contributed by atoms with E-state index in [1.54, 1.807) is 0 Å². The van der Waals surface area contributed by atoms with Crippen LogP contribution in [0.5, 0.6) is 11.5 Å².